The number of hydrogen-bond donors (Lipinski definition) is 0. The molecular formula is C16H37NO7P2. The van der Waals surface area contributed by atoms with Gasteiger partial charge in [-0.15, -0.1) is 0 Å². The fourth-order valence-corrected chi connectivity index (χ4v) is 5.62. The maximum absolute atomic E-state index is 12.6. The summed E-state index contributed by atoms with van der Waals surface area (Å²) in [6.45, 7) is 13.2. The van der Waals surface area contributed by atoms with Gasteiger partial charge in [0, 0.05) is 26.2 Å². The van der Waals surface area contributed by atoms with E-state index in [1.165, 1.54) is 0 Å². The van der Waals surface area contributed by atoms with Gasteiger partial charge in [0.05, 0.1) is 45.4 Å². The number of rotatable bonds is 18. The Labute approximate surface area is 158 Å². The highest BCUT2D eigenvalue weighted by atomic mass is 31.2. The second-order valence-corrected chi connectivity index (χ2v) is 9.75. The first-order chi connectivity index (χ1) is 12.4. The Morgan fingerprint density at radius 2 is 1.00 bits per heavy atom. The van der Waals surface area contributed by atoms with Crippen molar-refractivity contribution in [2.24, 2.45) is 0 Å². The summed E-state index contributed by atoms with van der Waals surface area (Å²) in [5.41, 5.74) is 0. The molecule has 0 rings (SSSR count). The molecule has 0 saturated heterocycles. The predicted octanol–water partition coefficient (Wildman–Crippen LogP) is 3.86. The lowest BCUT2D eigenvalue weighted by atomic mass is 10.5. The van der Waals surface area contributed by atoms with Crippen LogP contribution in [0.2, 0.25) is 0 Å². The van der Waals surface area contributed by atoms with Gasteiger partial charge in [-0.1, -0.05) is 0 Å². The lowest BCUT2D eigenvalue weighted by Gasteiger charge is -2.26. The van der Waals surface area contributed by atoms with Crippen molar-refractivity contribution in [3.8, 4) is 0 Å². The monoisotopic (exact) mass is 417 g/mol. The first-order valence-corrected chi connectivity index (χ1v) is 12.9. The molecule has 0 aliphatic carbocycles. The van der Waals surface area contributed by atoms with Crippen molar-refractivity contribution in [1.29, 1.82) is 0 Å². The lowest BCUT2D eigenvalue weighted by Crippen LogP contribution is -2.33. The number of hydrogen-bond acceptors (Lipinski definition) is 8. The minimum absolute atomic E-state index is 0.272. The number of nitrogens with zero attached hydrogens (tertiary/aromatic N) is 1. The molecule has 0 bridgehead atoms. The SMILES string of the molecule is CCOCCN(CCP(=O)(OCC)OCC)CCP(=O)(OCC)OCC. The minimum atomic E-state index is -3.12. The summed E-state index contributed by atoms with van der Waals surface area (Å²) in [6, 6.07) is 0. The van der Waals surface area contributed by atoms with E-state index in [1.54, 1.807) is 27.7 Å². The van der Waals surface area contributed by atoms with Gasteiger partial charge in [-0.05, 0) is 34.6 Å². The Bertz CT molecular complexity index is 383. The van der Waals surface area contributed by atoms with Crippen LogP contribution >= 0.6 is 15.2 Å². The molecule has 158 valence electrons. The van der Waals surface area contributed by atoms with E-state index in [0.717, 1.165) is 0 Å². The Morgan fingerprint density at radius 1 is 0.615 bits per heavy atom. The van der Waals surface area contributed by atoms with Gasteiger partial charge in [-0.3, -0.25) is 14.0 Å². The first kappa shape index (κ1) is 26.2. The molecule has 0 amide bonds. The van der Waals surface area contributed by atoms with Gasteiger partial charge in [0.15, 0.2) is 0 Å². The lowest BCUT2D eigenvalue weighted by molar-refractivity contribution is 0.115. The maximum Gasteiger partial charge on any atom is 0.331 e. The van der Waals surface area contributed by atoms with Crippen molar-refractivity contribution in [2.45, 2.75) is 34.6 Å². The van der Waals surface area contributed by atoms with E-state index in [4.69, 9.17) is 22.8 Å². The van der Waals surface area contributed by atoms with Crippen LogP contribution in [0.4, 0.5) is 0 Å². The molecule has 0 N–H and O–H groups in total. The summed E-state index contributed by atoms with van der Waals surface area (Å²) < 4.78 is 52.1. The van der Waals surface area contributed by atoms with E-state index in [9.17, 15) is 9.13 Å². The van der Waals surface area contributed by atoms with Crippen molar-refractivity contribution in [3.63, 3.8) is 0 Å². The van der Waals surface area contributed by atoms with E-state index < -0.39 is 15.2 Å². The zero-order chi connectivity index (χ0) is 19.9. The predicted molar refractivity (Wildman–Crippen MR) is 104 cm³/mol. The number of ether oxygens (including phenoxy) is 1. The van der Waals surface area contributed by atoms with E-state index in [2.05, 4.69) is 0 Å². The molecule has 0 spiro atoms. The van der Waals surface area contributed by atoms with E-state index >= 15 is 0 Å². The molecule has 0 atom stereocenters. The Kier molecular flexibility index (Phi) is 15.3. The summed E-state index contributed by atoms with van der Waals surface area (Å²) in [4.78, 5) is 2.03. The van der Waals surface area contributed by atoms with Crippen molar-refractivity contribution >= 4 is 15.2 Å². The quantitative estimate of drug-likeness (QED) is 0.246. The second-order valence-electron chi connectivity index (χ2n) is 5.38. The van der Waals surface area contributed by atoms with Crippen LogP contribution in [0.3, 0.4) is 0 Å². The maximum atomic E-state index is 12.6. The summed E-state index contributed by atoms with van der Waals surface area (Å²) in [5, 5.41) is 0. The average molecular weight is 417 g/mol. The molecular weight excluding hydrogens is 380 g/mol. The third-order valence-corrected chi connectivity index (χ3v) is 7.54. The Hall–Kier alpha value is 0.220. The molecule has 0 aliphatic rings. The first-order valence-electron chi connectivity index (χ1n) is 9.44. The van der Waals surface area contributed by atoms with E-state index in [0.29, 0.717) is 59.3 Å². The van der Waals surface area contributed by atoms with Crippen molar-refractivity contribution in [2.75, 3.05) is 71.6 Å². The van der Waals surface area contributed by atoms with Gasteiger partial charge in [0.1, 0.15) is 0 Å². The molecule has 0 aliphatic heterocycles. The zero-order valence-electron chi connectivity index (χ0n) is 17.0. The summed E-state index contributed by atoms with van der Waals surface area (Å²) in [5.74, 6) is 0. The van der Waals surface area contributed by atoms with Crippen LogP contribution in [0.5, 0.6) is 0 Å². The molecule has 0 radical (unpaired) electrons. The normalized spacial score (nSPS) is 12.8. The molecule has 8 nitrogen and oxygen atoms in total. The van der Waals surface area contributed by atoms with Crippen LogP contribution in [0.15, 0.2) is 0 Å². The highest BCUT2D eigenvalue weighted by molar-refractivity contribution is 7.54. The molecule has 0 aromatic carbocycles. The molecule has 0 fully saturated rings. The zero-order valence-corrected chi connectivity index (χ0v) is 18.8. The third kappa shape index (κ3) is 11.8. The third-order valence-electron chi connectivity index (χ3n) is 3.44. The standard InChI is InChI=1S/C16H37NO7P2/c1-6-20-14-11-17(12-15-25(18,21-7-2)22-8-3)13-16-26(19,23-9-4)24-10-5/h6-16H2,1-5H3. The minimum Gasteiger partial charge on any atom is -0.380 e. The van der Waals surface area contributed by atoms with Crippen LogP contribution in [0, 0.1) is 0 Å². The smallest absolute Gasteiger partial charge is 0.331 e. The summed E-state index contributed by atoms with van der Waals surface area (Å²) in [7, 11) is -6.23. The van der Waals surface area contributed by atoms with Crippen LogP contribution in [-0.4, -0.2) is 76.5 Å². The van der Waals surface area contributed by atoms with Gasteiger partial charge in [0.25, 0.3) is 0 Å². The van der Waals surface area contributed by atoms with Crippen molar-refractivity contribution in [3.05, 3.63) is 0 Å². The fraction of sp³-hybridized carbons (Fsp3) is 1.00. The largest absolute Gasteiger partial charge is 0.380 e. The molecule has 10 heteroatoms. The summed E-state index contributed by atoms with van der Waals surface area (Å²) in [6.07, 6.45) is 0.544. The molecule has 0 saturated carbocycles. The highest BCUT2D eigenvalue weighted by Crippen LogP contribution is 2.49. The van der Waals surface area contributed by atoms with Crippen LogP contribution in [0.1, 0.15) is 34.6 Å². The van der Waals surface area contributed by atoms with Crippen molar-refractivity contribution < 1.29 is 32.0 Å². The topological polar surface area (TPSA) is 83.5 Å². The molecule has 26 heavy (non-hydrogen) atoms. The van der Waals surface area contributed by atoms with Gasteiger partial charge >= 0.3 is 15.2 Å². The van der Waals surface area contributed by atoms with Gasteiger partial charge < -0.3 is 22.8 Å². The highest BCUT2D eigenvalue weighted by Gasteiger charge is 2.27. The molecule has 0 aromatic rings. The van der Waals surface area contributed by atoms with Crippen molar-refractivity contribution in [1.82, 2.24) is 4.90 Å². The van der Waals surface area contributed by atoms with Gasteiger partial charge in [-0.25, -0.2) is 0 Å². The second kappa shape index (κ2) is 15.2. The summed E-state index contributed by atoms with van der Waals surface area (Å²) >= 11 is 0. The van der Waals surface area contributed by atoms with Crippen LogP contribution in [-0.2, 0) is 32.0 Å². The van der Waals surface area contributed by atoms with Crippen LogP contribution in [0.25, 0.3) is 0 Å². The van der Waals surface area contributed by atoms with Gasteiger partial charge in [-0.2, -0.15) is 0 Å². The van der Waals surface area contributed by atoms with E-state index in [-0.39, 0.29) is 12.3 Å². The molecule has 0 aromatic heterocycles. The van der Waals surface area contributed by atoms with Crippen LogP contribution < -0.4 is 0 Å². The fourth-order valence-electron chi connectivity index (χ4n) is 2.32. The average Bonchev–Trinajstić information content (AvgIpc) is 2.58. The Balaban J connectivity index is 4.82. The van der Waals surface area contributed by atoms with E-state index in [1.807, 2.05) is 11.8 Å². The Morgan fingerprint density at radius 3 is 1.31 bits per heavy atom. The molecule has 0 unspecified atom stereocenters. The molecule has 0 heterocycles. The van der Waals surface area contributed by atoms with Gasteiger partial charge in [0.2, 0.25) is 0 Å².